The number of hydrogen-bond acceptors (Lipinski definition) is 3. The number of Topliss-reactive ketones (excluding diaryl/α,β-unsaturated/α-hetero) is 1. The van der Waals surface area contributed by atoms with Gasteiger partial charge in [0.25, 0.3) is 0 Å². The highest BCUT2D eigenvalue weighted by Gasteiger charge is 2.27. The summed E-state index contributed by atoms with van der Waals surface area (Å²) in [5, 5.41) is 3.14. The molecule has 1 atom stereocenters. The van der Waals surface area contributed by atoms with Crippen molar-refractivity contribution in [2.75, 3.05) is 20.1 Å². The summed E-state index contributed by atoms with van der Waals surface area (Å²) in [6, 6.07) is 0.305. The molecule has 17 heavy (non-hydrogen) atoms. The van der Waals surface area contributed by atoms with Crippen LogP contribution < -0.4 is 5.32 Å². The number of ketones is 1. The van der Waals surface area contributed by atoms with Crippen molar-refractivity contribution >= 4 is 11.7 Å². The second-order valence-electron chi connectivity index (χ2n) is 5.42. The number of likely N-dealkylation sites (N-methyl/N-ethyl adjacent to an activating group) is 1. The number of likely N-dealkylation sites (tertiary alicyclic amines) is 1. The topological polar surface area (TPSA) is 49.4 Å². The van der Waals surface area contributed by atoms with Crippen LogP contribution in [-0.4, -0.2) is 42.8 Å². The standard InChI is InChI=1S/C13H22N2O2/c1-15-8-2-3-11(9-15)14-13(17)10-4-6-12(16)7-5-10/h10-11H,2-9H2,1H3,(H,14,17). The van der Waals surface area contributed by atoms with Crippen LogP contribution in [0.3, 0.4) is 0 Å². The first-order valence-corrected chi connectivity index (χ1v) is 6.66. The van der Waals surface area contributed by atoms with E-state index in [1.54, 1.807) is 0 Å². The lowest BCUT2D eigenvalue weighted by Gasteiger charge is -2.31. The van der Waals surface area contributed by atoms with Crippen molar-refractivity contribution in [1.29, 1.82) is 0 Å². The van der Waals surface area contributed by atoms with Gasteiger partial charge in [0.15, 0.2) is 0 Å². The van der Waals surface area contributed by atoms with E-state index in [9.17, 15) is 9.59 Å². The van der Waals surface area contributed by atoms with Gasteiger partial charge in [0, 0.05) is 31.3 Å². The minimum absolute atomic E-state index is 0.0694. The molecule has 4 heteroatoms. The quantitative estimate of drug-likeness (QED) is 0.779. The van der Waals surface area contributed by atoms with Crippen molar-refractivity contribution in [3.63, 3.8) is 0 Å². The third-order valence-electron chi connectivity index (χ3n) is 3.88. The fourth-order valence-electron chi connectivity index (χ4n) is 2.81. The number of nitrogens with one attached hydrogen (secondary N) is 1. The molecule has 1 heterocycles. The zero-order valence-electron chi connectivity index (χ0n) is 10.6. The lowest BCUT2D eigenvalue weighted by atomic mass is 9.87. The van der Waals surface area contributed by atoms with E-state index in [0.717, 1.165) is 38.8 Å². The van der Waals surface area contributed by atoms with Gasteiger partial charge in [-0.25, -0.2) is 0 Å². The van der Waals surface area contributed by atoms with Gasteiger partial charge in [0.05, 0.1) is 0 Å². The lowest BCUT2D eigenvalue weighted by Crippen LogP contribution is -2.48. The fourth-order valence-corrected chi connectivity index (χ4v) is 2.81. The second kappa shape index (κ2) is 5.63. The number of piperidine rings is 1. The summed E-state index contributed by atoms with van der Waals surface area (Å²) in [4.78, 5) is 25.4. The predicted octanol–water partition coefficient (Wildman–Crippen LogP) is 0.956. The first-order valence-electron chi connectivity index (χ1n) is 6.66. The Morgan fingerprint density at radius 3 is 2.65 bits per heavy atom. The molecular formula is C13H22N2O2. The molecule has 0 bridgehead atoms. The van der Waals surface area contributed by atoms with Crippen molar-refractivity contribution in [2.45, 2.75) is 44.6 Å². The number of amides is 1. The Balaban J connectivity index is 1.78. The van der Waals surface area contributed by atoms with Crippen LogP contribution in [0.2, 0.25) is 0 Å². The van der Waals surface area contributed by atoms with E-state index in [1.807, 2.05) is 0 Å². The zero-order valence-corrected chi connectivity index (χ0v) is 10.6. The van der Waals surface area contributed by atoms with Gasteiger partial charge in [0.1, 0.15) is 5.78 Å². The molecule has 1 amide bonds. The molecule has 1 aliphatic carbocycles. The Morgan fingerprint density at radius 1 is 1.29 bits per heavy atom. The highest BCUT2D eigenvalue weighted by molar-refractivity contribution is 5.84. The van der Waals surface area contributed by atoms with Crippen molar-refractivity contribution in [3.8, 4) is 0 Å². The van der Waals surface area contributed by atoms with Crippen LogP contribution in [-0.2, 0) is 9.59 Å². The molecule has 1 saturated heterocycles. The Labute approximate surface area is 103 Å². The van der Waals surface area contributed by atoms with E-state index in [4.69, 9.17) is 0 Å². The van der Waals surface area contributed by atoms with Crippen molar-refractivity contribution in [1.82, 2.24) is 10.2 Å². The number of carbonyl (C=O) groups excluding carboxylic acids is 2. The molecule has 0 aromatic carbocycles. The van der Waals surface area contributed by atoms with Crippen LogP contribution in [0, 0.1) is 5.92 Å². The van der Waals surface area contributed by atoms with Gasteiger partial charge < -0.3 is 10.2 Å². The second-order valence-corrected chi connectivity index (χ2v) is 5.42. The fraction of sp³-hybridized carbons (Fsp3) is 0.846. The van der Waals surface area contributed by atoms with Crippen molar-refractivity contribution < 1.29 is 9.59 Å². The third-order valence-corrected chi connectivity index (χ3v) is 3.88. The van der Waals surface area contributed by atoms with E-state index < -0.39 is 0 Å². The van der Waals surface area contributed by atoms with Crippen LogP contribution in [0.25, 0.3) is 0 Å². The molecule has 1 unspecified atom stereocenters. The normalized spacial score (nSPS) is 28.1. The Kier molecular flexibility index (Phi) is 4.15. The molecule has 1 aliphatic heterocycles. The molecular weight excluding hydrogens is 216 g/mol. The van der Waals surface area contributed by atoms with Crippen molar-refractivity contribution in [2.24, 2.45) is 5.92 Å². The van der Waals surface area contributed by atoms with Gasteiger partial charge in [-0.1, -0.05) is 0 Å². The van der Waals surface area contributed by atoms with Crippen LogP contribution >= 0.6 is 0 Å². The predicted molar refractivity (Wildman–Crippen MR) is 65.6 cm³/mol. The van der Waals surface area contributed by atoms with Gasteiger partial charge in [-0.05, 0) is 39.3 Å². The Hall–Kier alpha value is -0.900. The largest absolute Gasteiger partial charge is 0.352 e. The van der Waals surface area contributed by atoms with E-state index >= 15 is 0 Å². The average Bonchev–Trinajstić information content (AvgIpc) is 2.29. The van der Waals surface area contributed by atoms with Gasteiger partial charge in [-0.15, -0.1) is 0 Å². The highest BCUT2D eigenvalue weighted by atomic mass is 16.2. The summed E-state index contributed by atoms with van der Waals surface area (Å²) >= 11 is 0. The average molecular weight is 238 g/mol. The lowest BCUT2D eigenvalue weighted by molar-refractivity contribution is -0.129. The van der Waals surface area contributed by atoms with Crippen LogP contribution in [0.4, 0.5) is 0 Å². The molecule has 96 valence electrons. The molecule has 2 fully saturated rings. The number of carbonyl (C=O) groups is 2. The monoisotopic (exact) mass is 238 g/mol. The third kappa shape index (κ3) is 3.53. The highest BCUT2D eigenvalue weighted by Crippen LogP contribution is 2.22. The SMILES string of the molecule is CN1CCCC(NC(=O)C2CCC(=O)CC2)C1. The summed E-state index contributed by atoms with van der Waals surface area (Å²) < 4.78 is 0. The first-order chi connectivity index (χ1) is 8.15. The first kappa shape index (κ1) is 12.6. The van der Waals surface area contributed by atoms with Crippen LogP contribution in [0.1, 0.15) is 38.5 Å². The molecule has 4 nitrogen and oxygen atoms in total. The molecule has 2 rings (SSSR count). The molecule has 1 N–H and O–H groups in total. The summed E-state index contributed by atoms with van der Waals surface area (Å²) in [5.74, 6) is 0.546. The number of nitrogens with zero attached hydrogens (tertiary/aromatic N) is 1. The summed E-state index contributed by atoms with van der Waals surface area (Å²) in [6.07, 6.45) is 4.90. The number of hydrogen-bond donors (Lipinski definition) is 1. The van der Waals surface area contributed by atoms with E-state index in [2.05, 4.69) is 17.3 Å². The summed E-state index contributed by atoms with van der Waals surface area (Å²) in [7, 11) is 2.09. The van der Waals surface area contributed by atoms with Crippen molar-refractivity contribution in [3.05, 3.63) is 0 Å². The number of rotatable bonds is 2. The molecule has 2 aliphatic rings. The molecule has 0 aromatic heterocycles. The maximum Gasteiger partial charge on any atom is 0.223 e. The van der Waals surface area contributed by atoms with E-state index in [-0.39, 0.29) is 11.8 Å². The van der Waals surface area contributed by atoms with Gasteiger partial charge >= 0.3 is 0 Å². The Bertz CT molecular complexity index is 294. The van der Waals surface area contributed by atoms with Gasteiger partial charge in [-0.3, -0.25) is 9.59 Å². The van der Waals surface area contributed by atoms with E-state index in [0.29, 0.717) is 24.7 Å². The maximum atomic E-state index is 12.0. The maximum absolute atomic E-state index is 12.0. The molecule has 0 spiro atoms. The van der Waals surface area contributed by atoms with E-state index in [1.165, 1.54) is 0 Å². The van der Waals surface area contributed by atoms with Crippen LogP contribution in [0.5, 0.6) is 0 Å². The Morgan fingerprint density at radius 2 is 2.00 bits per heavy atom. The zero-order chi connectivity index (χ0) is 12.3. The summed E-state index contributed by atoms with van der Waals surface area (Å²) in [5.41, 5.74) is 0. The minimum Gasteiger partial charge on any atom is -0.352 e. The summed E-state index contributed by atoms with van der Waals surface area (Å²) in [6.45, 7) is 2.09. The molecule has 0 radical (unpaired) electrons. The minimum atomic E-state index is 0.0694. The van der Waals surface area contributed by atoms with Gasteiger partial charge in [0.2, 0.25) is 5.91 Å². The van der Waals surface area contributed by atoms with Crippen LogP contribution in [0.15, 0.2) is 0 Å². The smallest absolute Gasteiger partial charge is 0.223 e. The molecule has 1 saturated carbocycles. The molecule has 0 aromatic rings. The van der Waals surface area contributed by atoms with Gasteiger partial charge in [-0.2, -0.15) is 0 Å².